The van der Waals surface area contributed by atoms with Crippen LogP contribution >= 0.6 is 0 Å². The highest BCUT2D eigenvalue weighted by Gasteiger charge is 2.45. The van der Waals surface area contributed by atoms with Crippen molar-refractivity contribution in [2.24, 2.45) is 0 Å². The lowest BCUT2D eigenvalue weighted by atomic mass is 9.86. The zero-order valence-electron chi connectivity index (χ0n) is 12.5. The molecule has 1 spiro atoms. The fraction of sp³-hybridized carbons (Fsp3) is 0.688. The molecule has 0 unspecified atom stereocenters. The lowest BCUT2D eigenvalue weighted by Crippen LogP contribution is -2.66. The molecule has 2 heterocycles. The summed E-state index contributed by atoms with van der Waals surface area (Å²) in [4.78, 5) is 6.55. The summed E-state index contributed by atoms with van der Waals surface area (Å²) in [6.45, 7) is 7.33. The molecule has 2 aliphatic rings. The van der Waals surface area contributed by atoms with Crippen LogP contribution in [0.15, 0.2) is 18.5 Å². The Labute approximate surface area is 120 Å². The molecule has 0 atom stereocenters. The van der Waals surface area contributed by atoms with Gasteiger partial charge in [-0.15, -0.1) is 0 Å². The van der Waals surface area contributed by atoms with Crippen LogP contribution in [0.3, 0.4) is 0 Å². The van der Waals surface area contributed by atoms with Gasteiger partial charge in [0.1, 0.15) is 5.82 Å². The Morgan fingerprint density at radius 3 is 2.75 bits per heavy atom. The normalized spacial score (nSPS) is 25.1. The largest absolute Gasteiger partial charge is 0.309 e. The first-order valence-corrected chi connectivity index (χ1v) is 7.59. The number of hydrogen-bond donors (Lipinski definition) is 1. The summed E-state index contributed by atoms with van der Waals surface area (Å²) in [6, 6.07) is 1.62. The predicted octanol–water partition coefficient (Wildman–Crippen LogP) is 2.72. The van der Waals surface area contributed by atoms with Crippen molar-refractivity contribution in [1.82, 2.24) is 15.2 Å². The minimum Gasteiger partial charge on any atom is -0.309 e. The van der Waals surface area contributed by atoms with Crippen molar-refractivity contribution < 1.29 is 4.39 Å². The highest BCUT2D eigenvalue weighted by molar-refractivity contribution is 5.13. The third kappa shape index (κ3) is 2.72. The molecule has 3 nitrogen and oxygen atoms in total. The van der Waals surface area contributed by atoms with Gasteiger partial charge in [0, 0.05) is 36.9 Å². The summed E-state index contributed by atoms with van der Waals surface area (Å²) in [7, 11) is 0. The number of aromatic nitrogens is 1. The van der Waals surface area contributed by atoms with Crippen molar-refractivity contribution in [3.63, 3.8) is 0 Å². The molecule has 1 saturated carbocycles. The maximum absolute atomic E-state index is 13.3. The molecule has 0 radical (unpaired) electrons. The summed E-state index contributed by atoms with van der Waals surface area (Å²) in [5.74, 6) is -0.239. The number of nitrogens with one attached hydrogen (secondary N) is 1. The molecule has 0 amide bonds. The fourth-order valence-corrected chi connectivity index (χ4v) is 3.73. The second-order valence-corrected chi connectivity index (χ2v) is 7.04. The van der Waals surface area contributed by atoms with Crippen LogP contribution in [0.5, 0.6) is 0 Å². The van der Waals surface area contributed by atoms with Crippen molar-refractivity contribution in [3.05, 3.63) is 29.8 Å². The van der Waals surface area contributed by atoms with Crippen LogP contribution in [0.4, 0.5) is 4.39 Å². The molecule has 1 aliphatic heterocycles. The first-order valence-electron chi connectivity index (χ1n) is 7.59. The van der Waals surface area contributed by atoms with E-state index in [-0.39, 0.29) is 16.9 Å². The zero-order chi connectivity index (χ0) is 14.2. The molecule has 1 aliphatic carbocycles. The van der Waals surface area contributed by atoms with Gasteiger partial charge in [0.15, 0.2) is 0 Å². The molecule has 110 valence electrons. The van der Waals surface area contributed by atoms with Gasteiger partial charge in [0.2, 0.25) is 0 Å². The van der Waals surface area contributed by atoms with Crippen molar-refractivity contribution in [3.8, 4) is 0 Å². The third-order valence-electron chi connectivity index (χ3n) is 4.82. The lowest BCUT2D eigenvalue weighted by molar-refractivity contribution is 0.0120. The number of hydrogen-bond acceptors (Lipinski definition) is 3. The lowest BCUT2D eigenvalue weighted by Gasteiger charge is -2.51. The Morgan fingerprint density at radius 2 is 2.05 bits per heavy atom. The molecule has 0 aromatic carbocycles. The van der Waals surface area contributed by atoms with Crippen LogP contribution in [0.1, 0.15) is 45.1 Å². The van der Waals surface area contributed by atoms with Gasteiger partial charge < -0.3 is 5.32 Å². The maximum atomic E-state index is 13.3. The average Bonchev–Trinajstić information content (AvgIpc) is 2.84. The van der Waals surface area contributed by atoms with Gasteiger partial charge in [-0.05, 0) is 38.3 Å². The van der Waals surface area contributed by atoms with Crippen molar-refractivity contribution in [2.75, 3.05) is 13.1 Å². The molecule has 2 fully saturated rings. The SMILES string of the molecule is CC1(C)CN(Cc2cncc(F)c2)C2(CCCC2)CN1. The number of halogens is 1. The molecule has 1 aromatic heterocycles. The van der Waals surface area contributed by atoms with E-state index in [0.717, 1.165) is 25.2 Å². The Morgan fingerprint density at radius 1 is 1.30 bits per heavy atom. The smallest absolute Gasteiger partial charge is 0.141 e. The summed E-state index contributed by atoms with van der Waals surface area (Å²) in [6.07, 6.45) is 8.18. The highest BCUT2D eigenvalue weighted by atomic mass is 19.1. The molecule has 1 aromatic rings. The predicted molar refractivity (Wildman–Crippen MR) is 77.9 cm³/mol. The topological polar surface area (TPSA) is 28.2 Å². The molecule has 0 bridgehead atoms. The number of pyridine rings is 1. The van der Waals surface area contributed by atoms with Gasteiger partial charge in [-0.1, -0.05) is 12.8 Å². The van der Waals surface area contributed by atoms with Crippen LogP contribution < -0.4 is 5.32 Å². The molecular formula is C16H24FN3. The maximum Gasteiger partial charge on any atom is 0.141 e. The van der Waals surface area contributed by atoms with Gasteiger partial charge in [-0.3, -0.25) is 9.88 Å². The van der Waals surface area contributed by atoms with E-state index in [1.807, 2.05) is 0 Å². The monoisotopic (exact) mass is 277 g/mol. The second kappa shape index (κ2) is 5.08. The van der Waals surface area contributed by atoms with Crippen LogP contribution in [0.25, 0.3) is 0 Å². The van der Waals surface area contributed by atoms with E-state index < -0.39 is 0 Å². The molecule has 20 heavy (non-hydrogen) atoms. The van der Waals surface area contributed by atoms with E-state index in [4.69, 9.17) is 0 Å². The minimum absolute atomic E-state index is 0.120. The standard InChI is InChI=1S/C16H24FN3/c1-15(2)12-20(10-13-7-14(17)9-18-8-13)16(11-19-15)5-3-4-6-16/h7-9,19H,3-6,10-12H2,1-2H3. The van der Waals surface area contributed by atoms with E-state index >= 15 is 0 Å². The zero-order valence-corrected chi connectivity index (χ0v) is 12.5. The van der Waals surface area contributed by atoms with E-state index in [9.17, 15) is 4.39 Å². The number of rotatable bonds is 2. The Hall–Kier alpha value is -1.00. The summed E-state index contributed by atoms with van der Waals surface area (Å²) in [5, 5.41) is 3.69. The van der Waals surface area contributed by atoms with Gasteiger partial charge in [-0.2, -0.15) is 0 Å². The van der Waals surface area contributed by atoms with Crippen LogP contribution in [0, 0.1) is 5.82 Å². The fourth-order valence-electron chi connectivity index (χ4n) is 3.73. The van der Waals surface area contributed by atoms with Crippen molar-refractivity contribution in [1.29, 1.82) is 0 Å². The minimum atomic E-state index is -0.239. The Balaban J connectivity index is 1.82. The molecular weight excluding hydrogens is 253 g/mol. The summed E-state index contributed by atoms with van der Waals surface area (Å²) in [5.41, 5.74) is 1.37. The molecule has 3 rings (SSSR count). The number of piperazine rings is 1. The van der Waals surface area contributed by atoms with Crippen LogP contribution in [0.2, 0.25) is 0 Å². The quantitative estimate of drug-likeness (QED) is 0.901. The van der Waals surface area contributed by atoms with Crippen molar-refractivity contribution in [2.45, 2.75) is 57.2 Å². The van der Waals surface area contributed by atoms with Crippen LogP contribution in [-0.2, 0) is 6.54 Å². The van der Waals surface area contributed by atoms with Gasteiger partial charge in [0.25, 0.3) is 0 Å². The van der Waals surface area contributed by atoms with Crippen LogP contribution in [-0.4, -0.2) is 34.1 Å². The molecule has 1 saturated heterocycles. The second-order valence-electron chi connectivity index (χ2n) is 7.04. The molecule has 1 N–H and O–H groups in total. The Kier molecular flexibility index (Phi) is 3.55. The van der Waals surface area contributed by atoms with E-state index in [1.54, 1.807) is 12.3 Å². The average molecular weight is 277 g/mol. The van der Waals surface area contributed by atoms with Gasteiger partial charge >= 0.3 is 0 Å². The first-order chi connectivity index (χ1) is 9.49. The van der Waals surface area contributed by atoms with Crippen molar-refractivity contribution >= 4 is 0 Å². The Bertz CT molecular complexity index is 480. The summed E-state index contributed by atoms with van der Waals surface area (Å²) < 4.78 is 13.3. The van der Waals surface area contributed by atoms with E-state index in [1.165, 1.54) is 31.9 Å². The van der Waals surface area contributed by atoms with E-state index in [0.29, 0.717) is 0 Å². The summed E-state index contributed by atoms with van der Waals surface area (Å²) >= 11 is 0. The molecule has 4 heteroatoms. The third-order valence-corrected chi connectivity index (χ3v) is 4.82. The number of nitrogens with zero attached hydrogens (tertiary/aromatic N) is 2. The first kappa shape index (κ1) is 14.0. The van der Waals surface area contributed by atoms with E-state index in [2.05, 4.69) is 29.0 Å². The van der Waals surface area contributed by atoms with Gasteiger partial charge in [0.05, 0.1) is 6.20 Å². The van der Waals surface area contributed by atoms with Gasteiger partial charge in [-0.25, -0.2) is 4.39 Å². The highest BCUT2D eigenvalue weighted by Crippen LogP contribution is 2.39.